The molecule has 0 amide bonds. The van der Waals surface area contributed by atoms with Crippen LogP contribution in [0.4, 0.5) is 0 Å². The van der Waals surface area contributed by atoms with Gasteiger partial charge in [0.25, 0.3) is 0 Å². The maximum atomic E-state index is 5.61. The zero-order valence-electron chi connectivity index (χ0n) is 17.4. The topological polar surface area (TPSA) is 79.6 Å². The molecule has 0 bridgehead atoms. The number of hydrogen-bond acceptors (Lipinski definition) is 7. The summed E-state index contributed by atoms with van der Waals surface area (Å²) in [6, 6.07) is 19.7. The Bertz CT molecular complexity index is 1180. The molecule has 5 rings (SSSR count). The highest BCUT2D eigenvalue weighted by atomic mass is 32.1. The molecule has 1 aliphatic heterocycles. The van der Waals surface area contributed by atoms with E-state index in [4.69, 9.17) is 24.4 Å². The summed E-state index contributed by atoms with van der Waals surface area (Å²) in [5, 5.41) is 15.8. The van der Waals surface area contributed by atoms with Gasteiger partial charge in [0.05, 0.1) is 17.6 Å². The third kappa shape index (κ3) is 4.30. The van der Waals surface area contributed by atoms with Crippen molar-refractivity contribution >= 4 is 24.4 Å². The molecule has 10 nitrogen and oxygen atoms in total. The van der Waals surface area contributed by atoms with Crippen molar-refractivity contribution in [1.82, 2.24) is 44.7 Å². The number of nitrogens with zero attached hydrogens (tertiary/aromatic N) is 9. The first-order valence-electron chi connectivity index (χ1n) is 10.3. The lowest BCUT2D eigenvalue weighted by molar-refractivity contribution is -0.667. The Balaban J connectivity index is 1.19. The highest BCUT2D eigenvalue weighted by Gasteiger charge is 2.22. The van der Waals surface area contributed by atoms with E-state index in [0.717, 1.165) is 37.6 Å². The molecule has 0 radical (unpaired) electrons. The predicted octanol–water partition coefficient (Wildman–Crippen LogP) is 1.56. The van der Waals surface area contributed by atoms with Gasteiger partial charge in [-0.05, 0) is 46.9 Å². The number of para-hydroxylation sites is 2. The van der Waals surface area contributed by atoms with Crippen molar-refractivity contribution in [3.63, 3.8) is 0 Å². The number of nitrogens with one attached hydrogen (secondary N) is 1. The van der Waals surface area contributed by atoms with E-state index in [1.54, 1.807) is 14.0 Å². The Morgan fingerprint density at radius 1 is 0.812 bits per heavy atom. The van der Waals surface area contributed by atoms with Crippen LogP contribution in [0.2, 0.25) is 0 Å². The molecule has 32 heavy (non-hydrogen) atoms. The number of piperazine rings is 1. The third-order valence-electron chi connectivity index (χ3n) is 5.46. The maximum absolute atomic E-state index is 5.61. The van der Waals surface area contributed by atoms with Crippen LogP contribution < -0.4 is 4.68 Å². The maximum Gasteiger partial charge on any atom is 0.353 e. The summed E-state index contributed by atoms with van der Waals surface area (Å²) < 4.78 is 8.32. The van der Waals surface area contributed by atoms with Crippen molar-refractivity contribution < 1.29 is 4.68 Å². The predicted molar refractivity (Wildman–Crippen MR) is 122 cm³/mol. The molecule has 3 heterocycles. The average molecular weight is 468 g/mol. The van der Waals surface area contributed by atoms with Crippen molar-refractivity contribution in [2.75, 3.05) is 26.2 Å². The number of H-pyrrole nitrogens is 1. The molecule has 0 unspecified atom stereocenters. The first-order valence-corrected chi connectivity index (χ1v) is 11.2. The average Bonchev–Trinajstić information content (AvgIpc) is 3.38. The van der Waals surface area contributed by atoms with E-state index in [2.05, 4.69) is 30.7 Å². The smallest absolute Gasteiger partial charge is 0.282 e. The molecule has 1 saturated heterocycles. The fraction of sp³-hybridized carbons (Fsp3) is 0.300. The van der Waals surface area contributed by atoms with Gasteiger partial charge in [0.15, 0.2) is 6.67 Å². The fourth-order valence-electron chi connectivity index (χ4n) is 3.68. The number of aromatic nitrogens is 8. The number of hydrogen-bond donors (Lipinski definition) is 1. The van der Waals surface area contributed by atoms with Gasteiger partial charge in [-0.25, -0.2) is 4.68 Å². The largest absolute Gasteiger partial charge is 0.353 e. The van der Waals surface area contributed by atoms with Crippen LogP contribution in [-0.2, 0) is 13.3 Å². The lowest BCUT2D eigenvalue weighted by Gasteiger charge is -2.32. The summed E-state index contributed by atoms with van der Waals surface area (Å²) in [6.45, 7) is 4.92. The standard InChI is InChI=1S/C20H22N10S2/c31-19-27(21-23-29(19)17-7-3-1-4-8-17)15-25-11-13-26(14-12-25)16-28-20(32)30(24-22-28)18-9-5-2-6-10-18/h1-10H,11-16H2/p+1. The zero-order valence-corrected chi connectivity index (χ0v) is 19.0. The van der Waals surface area contributed by atoms with Crippen molar-refractivity contribution in [1.29, 1.82) is 0 Å². The molecule has 1 aliphatic rings. The molecule has 2 aromatic carbocycles. The third-order valence-corrected chi connectivity index (χ3v) is 6.24. The molecule has 0 spiro atoms. The quantitative estimate of drug-likeness (QED) is 0.341. The van der Waals surface area contributed by atoms with Crippen LogP contribution in [0.5, 0.6) is 0 Å². The molecule has 164 valence electrons. The molecule has 0 aliphatic carbocycles. The van der Waals surface area contributed by atoms with Gasteiger partial charge in [0, 0.05) is 38.4 Å². The molecule has 0 saturated carbocycles. The van der Waals surface area contributed by atoms with Crippen LogP contribution in [-0.4, -0.2) is 70.9 Å². The van der Waals surface area contributed by atoms with Gasteiger partial charge >= 0.3 is 4.77 Å². The highest BCUT2D eigenvalue weighted by molar-refractivity contribution is 7.71. The summed E-state index contributed by atoms with van der Waals surface area (Å²) in [5.74, 6) is 0. The summed E-state index contributed by atoms with van der Waals surface area (Å²) in [7, 11) is 0. The number of benzene rings is 2. The van der Waals surface area contributed by atoms with E-state index < -0.39 is 0 Å². The molecule has 4 aromatic rings. The van der Waals surface area contributed by atoms with Gasteiger partial charge in [-0.15, -0.1) is 4.68 Å². The minimum absolute atomic E-state index is 0.591. The number of aromatic amines is 1. The van der Waals surface area contributed by atoms with Crippen LogP contribution in [0.3, 0.4) is 0 Å². The molecule has 2 aromatic heterocycles. The van der Waals surface area contributed by atoms with Crippen LogP contribution in [0.1, 0.15) is 0 Å². The summed E-state index contributed by atoms with van der Waals surface area (Å²) >= 11 is 11.2. The van der Waals surface area contributed by atoms with Crippen molar-refractivity contribution in [2.24, 2.45) is 0 Å². The summed E-state index contributed by atoms with van der Waals surface area (Å²) in [6.07, 6.45) is 0. The Kier molecular flexibility index (Phi) is 5.99. The van der Waals surface area contributed by atoms with Gasteiger partial charge in [-0.1, -0.05) is 46.3 Å². The minimum atomic E-state index is 0.591. The van der Waals surface area contributed by atoms with Gasteiger partial charge in [-0.3, -0.25) is 9.80 Å². The molecule has 1 N–H and O–H groups in total. The van der Waals surface area contributed by atoms with E-state index in [0.29, 0.717) is 22.9 Å². The molecular formula is C20H23N10S2+. The first kappa shape index (κ1) is 20.8. The SMILES string of the molecule is S=c1n(CN2CCN(Cn3[nH]n[n+](-c4ccccc4)c3=S)CC2)nnn1-c1ccccc1. The van der Waals surface area contributed by atoms with E-state index in [1.165, 1.54) is 0 Å². The Hall–Kier alpha value is -3.06. The van der Waals surface area contributed by atoms with Crippen molar-refractivity contribution in [2.45, 2.75) is 13.3 Å². The van der Waals surface area contributed by atoms with Gasteiger partial charge in [0.2, 0.25) is 4.77 Å². The van der Waals surface area contributed by atoms with Crippen LogP contribution in [0.25, 0.3) is 11.4 Å². The summed E-state index contributed by atoms with van der Waals surface area (Å²) in [4.78, 5) is 4.67. The van der Waals surface area contributed by atoms with Gasteiger partial charge < -0.3 is 0 Å². The minimum Gasteiger partial charge on any atom is -0.282 e. The number of tetrazole rings is 2. The van der Waals surface area contributed by atoms with E-state index in [-0.39, 0.29) is 0 Å². The Labute approximate surface area is 194 Å². The van der Waals surface area contributed by atoms with Crippen molar-refractivity contribution in [3.05, 3.63) is 70.2 Å². The lowest BCUT2D eigenvalue weighted by atomic mass is 10.3. The molecular weight excluding hydrogens is 444 g/mol. The normalized spacial score (nSPS) is 15.2. The monoisotopic (exact) mass is 467 g/mol. The van der Waals surface area contributed by atoms with Crippen LogP contribution in [0, 0.1) is 9.54 Å². The second-order valence-corrected chi connectivity index (χ2v) is 8.32. The molecule has 0 atom stereocenters. The second-order valence-electron chi connectivity index (χ2n) is 7.59. The Morgan fingerprint density at radius 3 is 2.12 bits per heavy atom. The van der Waals surface area contributed by atoms with E-state index in [9.17, 15) is 0 Å². The second kappa shape index (κ2) is 9.20. The van der Waals surface area contributed by atoms with Crippen LogP contribution >= 0.6 is 24.4 Å². The Morgan fingerprint density at radius 2 is 1.44 bits per heavy atom. The van der Waals surface area contributed by atoms with Gasteiger partial charge in [0.1, 0.15) is 5.69 Å². The fourth-order valence-corrected chi connectivity index (χ4v) is 4.16. The summed E-state index contributed by atoms with van der Waals surface area (Å²) in [5.41, 5.74) is 1.86. The zero-order chi connectivity index (χ0) is 21.9. The highest BCUT2D eigenvalue weighted by Crippen LogP contribution is 2.08. The van der Waals surface area contributed by atoms with Gasteiger partial charge in [-0.2, -0.15) is 4.68 Å². The van der Waals surface area contributed by atoms with Crippen molar-refractivity contribution in [3.8, 4) is 11.4 Å². The number of rotatable bonds is 6. The van der Waals surface area contributed by atoms with E-state index in [1.807, 2.05) is 65.3 Å². The van der Waals surface area contributed by atoms with Crippen LogP contribution in [0.15, 0.2) is 60.7 Å². The lowest BCUT2D eigenvalue weighted by Crippen LogP contribution is -2.47. The first-order chi connectivity index (χ1) is 15.7. The molecule has 12 heteroatoms. The van der Waals surface area contributed by atoms with E-state index >= 15 is 0 Å². The molecule has 1 fully saturated rings.